The fraction of sp³-hybridized carbons (Fsp3) is 0.467. The van der Waals surface area contributed by atoms with Gasteiger partial charge in [0.25, 0.3) is 0 Å². The van der Waals surface area contributed by atoms with E-state index in [0.717, 1.165) is 33.2 Å². The fourth-order valence-electron chi connectivity index (χ4n) is 2.22. The molecule has 0 amide bonds. The van der Waals surface area contributed by atoms with Crippen molar-refractivity contribution in [1.82, 2.24) is 9.13 Å². The van der Waals surface area contributed by atoms with Crippen molar-refractivity contribution in [1.29, 1.82) is 0 Å². The molecule has 1 heterocycles. The lowest BCUT2D eigenvalue weighted by Crippen LogP contribution is -2.19. The van der Waals surface area contributed by atoms with Gasteiger partial charge in [-0.25, -0.2) is 4.79 Å². The molecule has 2 aromatic rings. The highest BCUT2D eigenvalue weighted by Crippen LogP contribution is 2.22. The van der Waals surface area contributed by atoms with Gasteiger partial charge < -0.3 is 0 Å². The topological polar surface area (TPSA) is 44.0 Å². The molecule has 6 heteroatoms. The largest absolute Gasteiger partial charge is 0.328 e. The van der Waals surface area contributed by atoms with E-state index in [0.29, 0.717) is 11.3 Å². The van der Waals surface area contributed by atoms with Crippen molar-refractivity contribution in [2.45, 2.75) is 19.8 Å². The number of imidazole rings is 1. The fourth-order valence-corrected chi connectivity index (χ4v) is 3.95. The van der Waals surface area contributed by atoms with E-state index in [-0.39, 0.29) is 11.5 Å². The molecule has 21 heavy (non-hydrogen) atoms. The van der Waals surface area contributed by atoms with Crippen molar-refractivity contribution < 1.29 is 4.79 Å². The van der Waals surface area contributed by atoms with Gasteiger partial charge in [-0.05, 0) is 46.9 Å². The molecule has 0 aliphatic heterocycles. The Morgan fingerprint density at radius 3 is 2.48 bits per heavy atom. The SMILES string of the molecule is CCCCSCC(=O)c1cc2c(cc1I)n(C)c(=O)n2C. The van der Waals surface area contributed by atoms with Crippen LogP contribution in [0, 0.1) is 3.57 Å². The zero-order valence-electron chi connectivity index (χ0n) is 12.5. The number of halogens is 1. The molecule has 0 spiro atoms. The van der Waals surface area contributed by atoms with Gasteiger partial charge >= 0.3 is 5.69 Å². The molecule has 0 aliphatic carbocycles. The molecule has 0 fully saturated rings. The highest BCUT2D eigenvalue weighted by molar-refractivity contribution is 14.1. The summed E-state index contributed by atoms with van der Waals surface area (Å²) in [4.78, 5) is 24.3. The van der Waals surface area contributed by atoms with Crippen molar-refractivity contribution >= 4 is 51.2 Å². The minimum absolute atomic E-state index is 0.0669. The van der Waals surface area contributed by atoms with Crippen LogP contribution >= 0.6 is 34.4 Å². The summed E-state index contributed by atoms with van der Waals surface area (Å²) in [6.45, 7) is 2.15. The number of aryl methyl sites for hydroxylation is 2. The number of unbranched alkanes of at least 4 members (excludes halogenated alkanes) is 1. The number of hydrogen-bond acceptors (Lipinski definition) is 3. The number of ketones is 1. The summed E-state index contributed by atoms with van der Waals surface area (Å²) in [7, 11) is 3.49. The number of Topliss-reactive ketones (excluding diaryl/α,β-unsaturated/α-hetero) is 1. The van der Waals surface area contributed by atoms with Crippen molar-refractivity contribution in [3.05, 3.63) is 31.8 Å². The Balaban J connectivity index is 2.32. The van der Waals surface area contributed by atoms with E-state index in [1.807, 2.05) is 12.1 Å². The van der Waals surface area contributed by atoms with Crippen LogP contribution < -0.4 is 5.69 Å². The van der Waals surface area contributed by atoms with Gasteiger partial charge in [0.15, 0.2) is 5.78 Å². The van der Waals surface area contributed by atoms with Gasteiger partial charge in [0.2, 0.25) is 0 Å². The third-order valence-corrected chi connectivity index (χ3v) is 5.47. The second-order valence-electron chi connectivity index (χ2n) is 5.05. The van der Waals surface area contributed by atoms with Gasteiger partial charge in [-0.3, -0.25) is 13.9 Å². The van der Waals surface area contributed by atoms with Crippen molar-refractivity contribution in [3.8, 4) is 0 Å². The number of nitrogens with zero attached hydrogens (tertiary/aromatic N) is 2. The first kappa shape index (κ1) is 16.6. The van der Waals surface area contributed by atoms with Crippen LogP contribution in [0.15, 0.2) is 16.9 Å². The Morgan fingerprint density at radius 1 is 1.24 bits per heavy atom. The van der Waals surface area contributed by atoms with Crippen molar-refractivity contribution in [2.24, 2.45) is 14.1 Å². The maximum absolute atomic E-state index is 12.4. The van der Waals surface area contributed by atoms with E-state index in [4.69, 9.17) is 0 Å². The van der Waals surface area contributed by atoms with E-state index in [9.17, 15) is 9.59 Å². The maximum Gasteiger partial charge on any atom is 0.328 e. The molecule has 2 rings (SSSR count). The first-order chi connectivity index (χ1) is 9.97. The van der Waals surface area contributed by atoms with E-state index < -0.39 is 0 Å². The lowest BCUT2D eigenvalue weighted by atomic mass is 10.1. The Morgan fingerprint density at radius 2 is 1.86 bits per heavy atom. The molecular weight excluding hydrogens is 399 g/mol. The summed E-state index contributed by atoms with van der Waals surface area (Å²) in [5, 5.41) is 0. The van der Waals surface area contributed by atoms with Gasteiger partial charge in [-0.1, -0.05) is 13.3 Å². The van der Waals surface area contributed by atoms with Crippen LogP contribution in [0.3, 0.4) is 0 Å². The minimum atomic E-state index is -0.0669. The molecule has 0 unspecified atom stereocenters. The summed E-state index contributed by atoms with van der Waals surface area (Å²) < 4.78 is 4.11. The number of carbonyl (C=O) groups excluding carboxylic acids is 1. The average molecular weight is 418 g/mol. The second-order valence-corrected chi connectivity index (χ2v) is 7.32. The molecule has 1 aromatic carbocycles. The lowest BCUT2D eigenvalue weighted by Gasteiger charge is -2.05. The molecule has 0 atom stereocenters. The molecule has 0 N–H and O–H groups in total. The lowest BCUT2D eigenvalue weighted by molar-refractivity contribution is 0.102. The van der Waals surface area contributed by atoms with Gasteiger partial charge in [0.05, 0.1) is 16.8 Å². The third kappa shape index (κ3) is 3.36. The van der Waals surface area contributed by atoms with Gasteiger partial charge in [0.1, 0.15) is 0 Å². The van der Waals surface area contributed by atoms with Crippen LogP contribution in [0.4, 0.5) is 0 Å². The van der Waals surface area contributed by atoms with E-state index in [1.165, 1.54) is 0 Å². The van der Waals surface area contributed by atoms with E-state index >= 15 is 0 Å². The third-order valence-electron chi connectivity index (χ3n) is 3.54. The molecule has 0 saturated carbocycles. The number of fused-ring (bicyclic) bond motifs is 1. The Hall–Kier alpha value is -0.760. The minimum Gasteiger partial charge on any atom is -0.295 e. The molecule has 4 nitrogen and oxygen atoms in total. The van der Waals surface area contributed by atoms with Gasteiger partial charge in [-0.15, -0.1) is 0 Å². The number of hydrogen-bond donors (Lipinski definition) is 0. The Kier molecular flexibility index (Phi) is 5.54. The molecule has 0 radical (unpaired) electrons. The van der Waals surface area contributed by atoms with Crippen LogP contribution in [0.1, 0.15) is 30.1 Å². The zero-order valence-corrected chi connectivity index (χ0v) is 15.5. The standard InChI is InChI=1S/C15H19IN2O2S/c1-4-5-6-21-9-14(19)10-7-12-13(8-11(10)16)18(3)15(20)17(12)2/h7-8H,4-6,9H2,1-3H3. The number of thioether (sulfide) groups is 1. The molecule has 1 aromatic heterocycles. The molecule has 0 aliphatic rings. The Labute approximate surface area is 142 Å². The van der Waals surface area contributed by atoms with Crippen LogP contribution in [-0.2, 0) is 14.1 Å². The normalized spacial score (nSPS) is 11.2. The van der Waals surface area contributed by atoms with Crippen molar-refractivity contribution in [2.75, 3.05) is 11.5 Å². The molecule has 0 bridgehead atoms. The highest BCUT2D eigenvalue weighted by Gasteiger charge is 2.15. The maximum atomic E-state index is 12.4. The van der Waals surface area contributed by atoms with Gasteiger partial charge in [-0.2, -0.15) is 11.8 Å². The van der Waals surface area contributed by atoms with Gasteiger partial charge in [0, 0.05) is 23.2 Å². The van der Waals surface area contributed by atoms with Crippen LogP contribution in [0.5, 0.6) is 0 Å². The molecular formula is C15H19IN2O2S. The average Bonchev–Trinajstić information content (AvgIpc) is 2.67. The van der Waals surface area contributed by atoms with E-state index in [2.05, 4.69) is 29.5 Å². The second kappa shape index (κ2) is 7.00. The summed E-state index contributed by atoms with van der Waals surface area (Å²) >= 11 is 3.86. The Bertz CT molecular complexity index is 733. The first-order valence-corrected chi connectivity index (χ1v) is 9.16. The summed E-state index contributed by atoms with van der Waals surface area (Å²) in [5.41, 5.74) is 2.32. The van der Waals surface area contributed by atoms with Crippen LogP contribution in [0.2, 0.25) is 0 Å². The predicted octanol–water partition coefficient (Wildman–Crippen LogP) is 3.20. The molecule has 114 valence electrons. The summed E-state index contributed by atoms with van der Waals surface area (Å²) in [6, 6.07) is 3.77. The predicted molar refractivity (Wildman–Crippen MR) is 97.4 cm³/mol. The monoisotopic (exact) mass is 418 g/mol. The van der Waals surface area contributed by atoms with Crippen LogP contribution in [0.25, 0.3) is 11.0 Å². The van der Waals surface area contributed by atoms with Crippen molar-refractivity contribution in [3.63, 3.8) is 0 Å². The quantitative estimate of drug-likeness (QED) is 0.411. The smallest absolute Gasteiger partial charge is 0.295 e. The zero-order chi connectivity index (χ0) is 15.6. The number of rotatable bonds is 6. The number of benzene rings is 1. The highest BCUT2D eigenvalue weighted by atomic mass is 127. The molecule has 0 saturated heterocycles. The van der Waals surface area contributed by atoms with E-state index in [1.54, 1.807) is 35.0 Å². The summed E-state index contributed by atoms with van der Waals surface area (Å²) in [5.74, 6) is 1.66. The first-order valence-electron chi connectivity index (χ1n) is 6.93. The number of carbonyl (C=O) groups is 1. The van der Waals surface area contributed by atoms with Crippen LogP contribution in [-0.4, -0.2) is 26.4 Å². The number of aromatic nitrogens is 2. The summed E-state index contributed by atoms with van der Waals surface area (Å²) in [6.07, 6.45) is 2.29.